The van der Waals surface area contributed by atoms with Crippen LogP contribution in [0.25, 0.3) is 28.4 Å². The van der Waals surface area contributed by atoms with Crippen LogP contribution in [0.3, 0.4) is 0 Å². The average molecular weight is 308 g/mol. The number of hydrogen-bond donors (Lipinski definition) is 1. The summed E-state index contributed by atoms with van der Waals surface area (Å²) >= 11 is 0. The van der Waals surface area contributed by atoms with Gasteiger partial charge >= 0.3 is 0 Å². The minimum atomic E-state index is 0.144. The molecule has 4 rings (SSSR count). The number of fused-ring (bicyclic) bond motifs is 2. The molecule has 2 heterocycles. The number of aromatic hydroxyl groups is 1. The molecule has 0 atom stereocenters. The summed E-state index contributed by atoms with van der Waals surface area (Å²) < 4.78 is 16.7. The van der Waals surface area contributed by atoms with Crippen molar-refractivity contribution >= 4 is 17.0 Å². The van der Waals surface area contributed by atoms with Crippen molar-refractivity contribution in [1.82, 2.24) is 0 Å². The van der Waals surface area contributed by atoms with E-state index in [1.807, 2.05) is 50.3 Å². The maximum atomic E-state index is 10.2. The minimum absolute atomic E-state index is 0.144. The summed E-state index contributed by atoms with van der Waals surface area (Å²) in [6.45, 7) is 4.18. The first kappa shape index (κ1) is 13.8. The van der Waals surface area contributed by atoms with Crippen molar-refractivity contribution in [3.05, 3.63) is 47.5 Å². The number of aryl methyl sites for hydroxylation is 1. The van der Waals surface area contributed by atoms with E-state index < -0.39 is 0 Å². The Hall–Kier alpha value is -2.88. The molecule has 2 aromatic carbocycles. The number of rotatable bonds is 2. The zero-order valence-corrected chi connectivity index (χ0v) is 12.9. The number of phenolic OH excluding ortho intramolecular Hbond substituents is 1. The van der Waals surface area contributed by atoms with Crippen molar-refractivity contribution in [3.8, 4) is 28.6 Å². The van der Waals surface area contributed by atoms with Gasteiger partial charge in [0, 0.05) is 16.5 Å². The largest absolute Gasteiger partial charge is 0.504 e. The summed E-state index contributed by atoms with van der Waals surface area (Å²) in [5.74, 6) is 2.32. The van der Waals surface area contributed by atoms with Gasteiger partial charge in [-0.1, -0.05) is 12.2 Å². The number of ether oxygens (including phenoxy) is 2. The van der Waals surface area contributed by atoms with Gasteiger partial charge in [0.1, 0.15) is 5.76 Å². The summed E-state index contributed by atoms with van der Waals surface area (Å²) in [6.07, 6.45) is 3.89. The van der Waals surface area contributed by atoms with Crippen LogP contribution in [-0.4, -0.2) is 11.9 Å². The second kappa shape index (κ2) is 5.09. The van der Waals surface area contributed by atoms with E-state index >= 15 is 0 Å². The van der Waals surface area contributed by atoms with E-state index in [2.05, 4.69) is 0 Å². The molecule has 0 radical (unpaired) electrons. The molecule has 0 bridgehead atoms. The first-order chi connectivity index (χ1) is 11.2. The highest BCUT2D eigenvalue weighted by Gasteiger charge is 2.19. The Bertz CT molecular complexity index is 934. The molecule has 0 fully saturated rings. The maximum Gasteiger partial charge on any atom is 0.231 e. The molecular formula is C19H16O4. The van der Waals surface area contributed by atoms with Crippen molar-refractivity contribution in [3.63, 3.8) is 0 Å². The van der Waals surface area contributed by atoms with E-state index in [-0.39, 0.29) is 12.5 Å². The van der Waals surface area contributed by atoms with Crippen molar-refractivity contribution in [1.29, 1.82) is 0 Å². The Morgan fingerprint density at radius 1 is 1.09 bits per heavy atom. The summed E-state index contributed by atoms with van der Waals surface area (Å²) in [6, 6.07) is 9.42. The fourth-order valence-electron chi connectivity index (χ4n) is 2.92. The van der Waals surface area contributed by atoms with Gasteiger partial charge in [0.2, 0.25) is 6.79 Å². The van der Waals surface area contributed by atoms with Crippen LogP contribution in [0.5, 0.6) is 17.2 Å². The van der Waals surface area contributed by atoms with Crippen molar-refractivity contribution in [2.24, 2.45) is 0 Å². The van der Waals surface area contributed by atoms with Crippen LogP contribution in [0, 0.1) is 6.92 Å². The van der Waals surface area contributed by atoms with E-state index in [1.54, 1.807) is 6.07 Å². The summed E-state index contributed by atoms with van der Waals surface area (Å²) in [4.78, 5) is 0. The number of furan rings is 1. The number of phenols is 1. The van der Waals surface area contributed by atoms with Crippen molar-refractivity contribution < 1.29 is 19.0 Å². The van der Waals surface area contributed by atoms with Gasteiger partial charge < -0.3 is 19.0 Å². The summed E-state index contributed by atoms with van der Waals surface area (Å²) in [5, 5.41) is 11.2. The quantitative estimate of drug-likeness (QED) is 0.733. The lowest BCUT2D eigenvalue weighted by Crippen LogP contribution is -1.92. The fraction of sp³-hybridized carbons (Fsp3) is 0.158. The van der Waals surface area contributed by atoms with E-state index in [0.717, 1.165) is 33.6 Å². The van der Waals surface area contributed by atoms with Crippen LogP contribution in [0.2, 0.25) is 0 Å². The van der Waals surface area contributed by atoms with Gasteiger partial charge in [-0.3, -0.25) is 0 Å². The predicted octanol–water partition coefficient (Wildman–Crippen LogP) is 4.88. The highest BCUT2D eigenvalue weighted by Crippen LogP contribution is 2.41. The molecule has 4 nitrogen and oxygen atoms in total. The van der Waals surface area contributed by atoms with Crippen LogP contribution in [0.4, 0.5) is 0 Å². The SMILES string of the molecule is C/C=C/c1cc(O)c2oc(-c3ccc4c(c3)OCO4)c(C)c2c1. The smallest absolute Gasteiger partial charge is 0.231 e. The molecule has 1 aromatic heterocycles. The molecule has 0 unspecified atom stereocenters. The minimum Gasteiger partial charge on any atom is -0.504 e. The zero-order valence-electron chi connectivity index (χ0n) is 12.9. The van der Waals surface area contributed by atoms with Gasteiger partial charge in [0.25, 0.3) is 0 Å². The van der Waals surface area contributed by atoms with E-state index in [1.165, 1.54) is 0 Å². The van der Waals surface area contributed by atoms with Gasteiger partial charge in [-0.05, 0) is 49.7 Å². The van der Waals surface area contributed by atoms with Gasteiger partial charge in [-0.15, -0.1) is 0 Å². The third-order valence-corrected chi connectivity index (χ3v) is 4.03. The number of allylic oxidation sites excluding steroid dienone is 1. The summed E-state index contributed by atoms with van der Waals surface area (Å²) in [7, 11) is 0. The molecule has 0 saturated heterocycles. The molecule has 1 aliphatic heterocycles. The topological polar surface area (TPSA) is 51.8 Å². The lowest BCUT2D eigenvalue weighted by molar-refractivity contribution is 0.174. The first-order valence-corrected chi connectivity index (χ1v) is 7.46. The van der Waals surface area contributed by atoms with Gasteiger partial charge in [0.15, 0.2) is 22.8 Å². The molecule has 23 heavy (non-hydrogen) atoms. The van der Waals surface area contributed by atoms with Crippen LogP contribution in [0.15, 0.2) is 40.8 Å². The Kier molecular flexibility index (Phi) is 3.05. The predicted molar refractivity (Wildman–Crippen MR) is 88.9 cm³/mol. The highest BCUT2D eigenvalue weighted by atomic mass is 16.7. The molecule has 1 N–H and O–H groups in total. The molecule has 0 amide bonds. The Labute approximate surface area is 133 Å². The highest BCUT2D eigenvalue weighted by molar-refractivity contribution is 5.93. The Morgan fingerprint density at radius 3 is 2.74 bits per heavy atom. The lowest BCUT2D eigenvalue weighted by atomic mass is 10.0. The van der Waals surface area contributed by atoms with Gasteiger partial charge in [-0.2, -0.15) is 0 Å². The molecule has 0 saturated carbocycles. The summed E-state index contributed by atoms with van der Waals surface area (Å²) in [5.41, 5.74) is 3.33. The van der Waals surface area contributed by atoms with E-state index in [9.17, 15) is 5.11 Å². The number of hydrogen-bond acceptors (Lipinski definition) is 4. The molecule has 1 aliphatic rings. The first-order valence-electron chi connectivity index (χ1n) is 7.46. The fourth-order valence-corrected chi connectivity index (χ4v) is 2.92. The lowest BCUT2D eigenvalue weighted by Gasteiger charge is -2.01. The van der Waals surface area contributed by atoms with Crippen LogP contribution < -0.4 is 9.47 Å². The molecule has 4 heteroatoms. The van der Waals surface area contributed by atoms with Gasteiger partial charge in [-0.25, -0.2) is 0 Å². The zero-order chi connectivity index (χ0) is 16.0. The number of benzene rings is 2. The Morgan fingerprint density at radius 2 is 1.91 bits per heavy atom. The Balaban J connectivity index is 1.91. The monoisotopic (exact) mass is 308 g/mol. The average Bonchev–Trinajstić information content (AvgIpc) is 3.12. The second-order valence-electron chi connectivity index (χ2n) is 5.54. The molecule has 3 aromatic rings. The van der Waals surface area contributed by atoms with E-state index in [0.29, 0.717) is 11.3 Å². The molecule has 0 spiro atoms. The maximum absolute atomic E-state index is 10.2. The second-order valence-corrected chi connectivity index (χ2v) is 5.54. The van der Waals surface area contributed by atoms with Crippen LogP contribution in [-0.2, 0) is 0 Å². The van der Waals surface area contributed by atoms with Gasteiger partial charge in [0.05, 0.1) is 0 Å². The van der Waals surface area contributed by atoms with Crippen LogP contribution >= 0.6 is 0 Å². The molecular weight excluding hydrogens is 292 g/mol. The third kappa shape index (κ3) is 2.14. The van der Waals surface area contributed by atoms with Crippen molar-refractivity contribution in [2.75, 3.05) is 6.79 Å². The molecule has 0 aliphatic carbocycles. The van der Waals surface area contributed by atoms with Crippen LogP contribution in [0.1, 0.15) is 18.1 Å². The normalized spacial score (nSPS) is 13.3. The van der Waals surface area contributed by atoms with Crippen molar-refractivity contribution in [2.45, 2.75) is 13.8 Å². The standard InChI is InChI=1S/C19H16O4/c1-3-4-12-7-14-11(2)18(23-19(14)15(20)8-12)13-5-6-16-17(9-13)22-10-21-16/h3-9,20H,10H2,1-2H3/b4-3+. The van der Waals surface area contributed by atoms with E-state index in [4.69, 9.17) is 13.9 Å². The molecule has 116 valence electrons. The third-order valence-electron chi connectivity index (χ3n) is 4.03.